The van der Waals surface area contributed by atoms with Crippen LogP contribution in [0.1, 0.15) is 25.5 Å². The van der Waals surface area contributed by atoms with Crippen molar-refractivity contribution in [3.8, 4) is 0 Å². The summed E-state index contributed by atoms with van der Waals surface area (Å²) in [6.45, 7) is 5.02. The van der Waals surface area contributed by atoms with Crippen LogP contribution in [-0.2, 0) is 7.05 Å². The van der Waals surface area contributed by atoms with E-state index in [2.05, 4.69) is 45.2 Å². The van der Waals surface area contributed by atoms with Crippen molar-refractivity contribution in [3.05, 3.63) is 29.8 Å². The van der Waals surface area contributed by atoms with E-state index in [0.717, 1.165) is 12.1 Å². The van der Waals surface area contributed by atoms with Crippen molar-refractivity contribution in [1.29, 1.82) is 0 Å². The maximum absolute atomic E-state index is 11.8. The fourth-order valence-corrected chi connectivity index (χ4v) is 1.91. The molecule has 8 nitrogen and oxygen atoms in total. The number of nitrogens with zero attached hydrogens (tertiary/aromatic N) is 4. The first-order chi connectivity index (χ1) is 10.1. The first-order valence-corrected chi connectivity index (χ1v) is 6.74. The first-order valence-electron chi connectivity index (χ1n) is 6.74. The van der Waals surface area contributed by atoms with Crippen LogP contribution in [0.5, 0.6) is 0 Å². The van der Waals surface area contributed by atoms with Gasteiger partial charge < -0.3 is 10.6 Å². The number of carbonyl (C=O) groups excluding carboxylic acids is 1. The number of aryl methyl sites for hydroxylation is 1. The Balaban J connectivity index is 1.99. The highest BCUT2D eigenvalue weighted by atomic mass is 16.2. The molecule has 1 aromatic heterocycles. The lowest BCUT2D eigenvalue weighted by Crippen LogP contribution is -2.21. The zero-order chi connectivity index (χ0) is 15.2. The summed E-state index contributed by atoms with van der Waals surface area (Å²) in [5.41, 5.74) is 1.81. The second-order valence-electron chi connectivity index (χ2n) is 4.59. The minimum atomic E-state index is -0.406. The van der Waals surface area contributed by atoms with Gasteiger partial charge in [-0.2, -0.15) is 4.80 Å². The predicted octanol–water partition coefficient (Wildman–Crippen LogP) is 1.52. The highest BCUT2D eigenvalue weighted by Crippen LogP contribution is 2.17. The van der Waals surface area contributed by atoms with E-state index in [-0.39, 0.29) is 12.0 Å². The molecule has 8 heteroatoms. The number of aromatic nitrogens is 4. The first kappa shape index (κ1) is 14.9. The number of anilines is 2. The lowest BCUT2D eigenvalue weighted by molar-refractivity contribution is 0.262. The summed E-state index contributed by atoms with van der Waals surface area (Å²) in [7, 11) is 1.63. The van der Waals surface area contributed by atoms with Gasteiger partial charge in [-0.15, -0.1) is 5.10 Å². The zero-order valence-electron chi connectivity index (χ0n) is 12.3. The van der Waals surface area contributed by atoms with Gasteiger partial charge in [0.15, 0.2) is 0 Å². The van der Waals surface area contributed by atoms with Crippen LogP contribution < -0.4 is 16.0 Å². The molecular weight excluding hydrogens is 270 g/mol. The maximum atomic E-state index is 11.8. The number of carbonyl (C=O) groups is 1. The molecule has 0 fully saturated rings. The topological polar surface area (TPSA) is 96.8 Å². The molecule has 0 aliphatic rings. The molecular formula is C13H19N7O. The molecule has 0 aliphatic heterocycles. The molecule has 0 aliphatic carbocycles. The molecule has 0 radical (unpaired) electrons. The lowest BCUT2D eigenvalue weighted by atomic mass is 10.1. The Bertz CT molecular complexity index is 610. The van der Waals surface area contributed by atoms with Crippen LogP contribution in [0, 0.1) is 0 Å². The standard InChI is InChI=1S/C13H19N7O/c1-4-14-9(2)10-6-5-7-11(8-10)15-13(21)16-12-17-19-20(3)18-12/h5-9,14H,4H2,1-3H3,(H2,15,16,18,21). The van der Waals surface area contributed by atoms with Crippen LogP contribution >= 0.6 is 0 Å². The lowest BCUT2D eigenvalue weighted by Gasteiger charge is -2.14. The second kappa shape index (κ2) is 6.80. The van der Waals surface area contributed by atoms with Gasteiger partial charge in [0, 0.05) is 11.7 Å². The van der Waals surface area contributed by atoms with E-state index in [9.17, 15) is 4.79 Å². The number of benzene rings is 1. The molecule has 1 atom stereocenters. The third kappa shape index (κ3) is 4.25. The molecule has 1 aromatic carbocycles. The molecule has 0 saturated carbocycles. The van der Waals surface area contributed by atoms with Gasteiger partial charge in [-0.1, -0.05) is 24.2 Å². The van der Waals surface area contributed by atoms with E-state index in [1.54, 1.807) is 7.05 Å². The van der Waals surface area contributed by atoms with E-state index in [1.165, 1.54) is 4.80 Å². The van der Waals surface area contributed by atoms with Crippen molar-refractivity contribution in [3.63, 3.8) is 0 Å². The Morgan fingerprint density at radius 1 is 1.38 bits per heavy atom. The van der Waals surface area contributed by atoms with Crippen LogP contribution in [0.25, 0.3) is 0 Å². The molecule has 0 bridgehead atoms. The van der Waals surface area contributed by atoms with Crippen molar-refractivity contribution < 1.29 is 4.79 Å². The van der Waals surface area contributed by atoms with Gasteiger partial charge in [-0.25, -0.2) is 4.79 Å². The summed E-state index contributed by atoms with van der Waals surface area (Å²) in [5, 5.41) is 19.8. The number of urea groups is 1. The Labute approximate surface area is 122 Å². The van der Waals surface area contributed by atoms with Crippen molar-refractivity contribution >= 4 is 17.7 Å². The SMILES string of the molecule is CCNC(C)c1cccc(NC(=O)Nc2nnn(C)n2)c1. The molecule has 2 rings (SSSR count). The molecule has 3 N–H and O–H groups in total. The van der Waals surface area contributed by atoms with E-state index >= 15 is 0 Å². The quantitative estimate of drug-likeness (QED) is 0.775. The second-order valence-corrected chi connectivity index (χ2v) is 4.59. The summed E-state index contributed by atoms with van der Waals surface area (Å²) < 4.78 is 0. The number of tetrazole rings is 1. The van der Waals surface area contributed by atoms with Gasteiger partial charge in [0.1, 0.15) is 0 Å². The Morgan fingerprint density at radius 2 is 2.19 bits per heavy atom. The van der Waals surface area contributed by atoms with Crippen LogP contribution in [0.2, 0.25) is 0 Å². The predicted molar refractivity (Wildman–Crippen MR) is 80.0 cm³/mol. The Kier molecular flexibility index (Phi) is 4.83. The van der Waals surface area contributed by atoms with E-state index < -0.39 is 6.03 Å². The summed E-state index contributed by atoms with van der Waals surface area (Å²) in [4.78, 5) is 13.1. The fourth-order valence-electron chi connectivity index (χ4n) is 1.91. The van der Waals surface area contributed by atoms with E-state index in [1.807, 2.05) is 24.3 Å². The van der Waals surface area contributed by atoms with Gasteiger partial charge >= 0.3 is 6.03 Å². The van der Waals surface area contributed by atoms with Gasteiger partial charge in [0.2, 0.25) is 0 Å². The Morgan fingerprint density at radius 3 is 2.86 bits per heavy atom. The maximum Gasteiger partial charge on any atom is 0.326 e. The third-order valence-corrected chi connectivity index (χ3v) is 2.89. The van der Waals surface area contributed by atoms with Gasteiger partial charge in [0.05, 0.1) is 7.05 Å². The van der Waals surface area contributed by atoms with Crippen LogP contribution in [0.15, 0.2) is 24.3 Å². The largest absolute Gasteiger partial charge is 0.326 e. The van der Waals surface area contributed by atoms with E-state index in [0.29, 0.717) is 5.69 Å². The highest BCUT2D eigenvalue weighted by molar-refractivity contribution is 5.98. The summed E-state index contributed by atoms with van der Waals surface area (Å²) >= 11 is 0. The summed E-state index contributed by atoms with van der Waals surface area (Å²) in [6, 6.07) is 7.49. The third-order valence-electron chi connectivity index (χ3n) is 2.89. The van der Waals surface area contributed by atoms with Crippen LogP contribution in [-0.4, -0.2) is 32.8 Å². The number of hydrogen-bond donors (Lipinski definition) is 3. The number of nitrogens with one attached hydrogen (secondary N) is 3. The smallest absolute Gasteiger partial charge is 0.310 e. The average molecular weight is 289 g/mol. The zero-order valence-corrected chi connectivity index (χ0v) is 12.3. The van der Waals surface area contributed by atoms with Crippen molar-refractivity contribution in [1.82, 2.24) is 25.5 Å². The van der Waals surface area contributed by atoms with Crippen LogP contribution in [0.3, 0.4) is 0 Å². The monoisotopic (exact) mass is 289 g/mol. The molecule has 2 amide bonds. The summed E-state index contributed by atoms with van der Waals surface area (Å²) in [6.07, 6.45) is 0. The molecule has 1 heterocycles. The fraction of sp³-hybridized carbons (Fsp3) is 0.385. The normalized spacial score (nSPS) is 12.0. The van der Waals surface area contributed by atoms with Crippen molar-refractivity contribution in [2.24, 2.45) is 7.05 Å². The molecule has 0 saturated heterocycles. The van der Waals surface area contributed by atoms with Crippen LogP contribution in [0.4, 0.5) is 16.4 Å². The molecule has 2 aromatic rings. The van der Waals surface area contributed by atoms with Crippen molar-refractivity contribution in [2.75, 3.05) is 17.2 Å². The van der Waals surface area contributed by atoms with Gasteiger partial charge in [-0.05, 0) is 36.4 Å². The van der Waals surface area contributed by atoms with E-state index in [4.69, 9.17) is 0 Å². The van der Waals surface area contributed by atoms with Crippen molar-refractivity contribution in [2.45, 2.75) is 19.9 Å². The Hall–Kier alpha value is -2.48. The number of hydrogen-bond acceptors (Lipinski definition) is 5. The minimum absolute atomic E-state index is 0.159. The number of amides is 2. The highest BCUT2D eigenvalue weighted by Gasteiger charge is 2.08. The minimum Gasteiger partial charge on any atom is -0.310 e. The molecule has 21 heavy (non-hydrogen) atoms. The molecule has 0 spiro atoms. The van der Waals surface area contributed by atoms with Gasteiger partial charge in [-0.3, -0.25) is 5.32 Å². The molecule has 1 unspecified atom stereocenters. The average Bonchev–Trinajstić information content (AvgIpc) is 2.84. The number of rotatable bonds is 5. The molecule has 112 valence electrons. The van der Waals surface area contributed by atoms with Gasteiger partial charge in [0.25, 0.3) is 5.95 Å². The summed E-state index contributed by atoms with van der Waals surface area (Å²) in [5.74, 6) is 0.159.